The summed E-state index contributed by atoms with van der Waals surface area (Å²) in [7, 11) is 0. The van der Waals surface area contributed by atoms with Crippen LogP contribution in [0.3, 0.4) is 0 Å². The van der Waals surface area contributed by atoms with Crippen molar-refractivity contribution in [2.75, 3.05) is 0 Å². The van der Waals surface area contributed by atoms with Gasteiger partial charge in [-0.05, 0) is 41.6 Å². The Bertz CT molecular complexity index is 571. The molecule has 1 N–H and O–H groups in total. The number of aromatic nitrogens is 1. The lowest BCUT2D eigenvalue weighted by Gasteiger charge is -2.19. The third-order valence-electron chi connectivity index (χ3n) is 3.00. The van der Waals surface area contributed by atoms with Gasteiger partial charge in [-0.25, -0.2) is 0 Å². The molecule has 88 valence electrons. The summed E-state index contributed by atoms with van der Waals surface area (Å²) in [6.07, 6.45) is 8.07. The molecule has 1 aromatic heterocycles. The SMILES string of the molecule is C1=CC(c2ccccn2)=CC(c2ccccc2)N1. The Labute approximate surface area is 107 Å². The maximum Gasteiger partial charge on any atom is 0.0702 e. The average molecular weight is 234 g/mol. The van der Waals surface area contributed by atoms with Crippen molar-refractivity contribution in [2.24, 2.45) is 0 Å². The van der Waals surface area contributed by atoms with E-state index in [-0.39, 0.29) is 6.04 Å². The van der Waals surface area contributed by atoms with Gasteiger partial charge in [0, 0.05) is 6.20 Å². The van der Waals surface area contributed by atoms with Gasteiger partial charge in [-0.1, -0.05) is 36.4 Å². The summed E-state index contributed by atoms with van der Waals surface area (Å²) in [6.45, 7) is 0. The molecule has 1 aromatic carbocycles. The molecule has 2 aromatic rings. The Morgan fingerprint density at radius 3 is 2.56 bits per heavy atom. The van der Waals surface area contributed by atoms with Gasteiger partial charge in [0.05, 0.1) is 11.7 Å². The van der Waals surface area contributed by atoms with Gasteiger partial charge in [0.15, 0.2) is 0 Å². The Morgan fingerprint density at radius 1 is 0.944 bits per heavy atom. The first-order valence-electron chi connectivity index (χ1n) is 6.04. The highest BCUT2D eigenvalue weighted by atomic mass is 14.9. The number of hydrogen-bond acceptors (Lipinski definition) is 2. The monoisotopic (exact) mass is 234 g/mol. The van der Waals surface area contributed by atoms with Gasteiger partial charge >= 0.3 is 0 Å². The molecule has 0 saturated heterocycles. The van der Waals surface area contributed by atoms with Gasteiger partial charge in [0.25, 0.3) is 0 Å². The van der Waals surface area contributed by atoms with Crippen LogP contribution in [0.4, 0.5) is 0 Å². The van der Waals surface area contributed by atoms with Gasteiger partial charge in [-0.2, -0.15) is 0 Å². The molecular formula is C16H14N2. The molecule has 0 bridgehead atoms. The average Bonchev–Trinajstić information content (AvgIpc) is 2.49. The lowest BCUT2D eigenvalue weighted by Crippen LogP contribution is -2.16. The molecule has 0 saturated carbocycles. The first-order chi connectivity index (χ1) is 8.93. The molecule has 0 radical (unpaired) electrons. The van der Waals surface area contributed by atoms with Crippen molar-refractivity contribution < 1.29 is 0 Å². The van der Waals surface area contributed by atoms with E-state index in [1.165, 1.54) is 5.56 Å². The predicted molar refractivity (Wildman–Crippen MR) is 73.7 cm³/mol. The molecule has 0 spiro atoms. The molecule has 2 nitrogen and oxygen atoms in total. The number of benzene rings is 1. The van der Waals surface area contributed by atoms with E-state index in [4.69, 9.17) is 0 Å². The summed E-state index contributed by atoms with van der Waals surface area (Å²) in [5, 5.41) is 3.35. The van der Waals surface area contributed by atoms with Gasteiger partial charge in [0.1, 0.15) is 0 Å². The fourth-order valence-corrected chi connectivity index (χ4v) is 2.08. The molecule has 1 atom stereocenters. The Kier molecular flexibility index (Phi) is 2.92. The summed E-state index contributed by atoms with van der Waals surface area (Å²) in [5.41, 5.74) is 3.43. The minimum atomic E-state index is 0.216. The van der Waals surface area contributed by atoms with E-state index >= 15 is 0 Å². The van der Waals surface area contributed by atoms with Crippen molar-refractivity contribution in [1.82, 2.24) is 10.3 Å². The molecule has 0 amide bonds. The minimum absolute atomic E-state index is 0.216. The number of rotatable bonds is 2. The quantitative estimate of drug-likeness (QED) is 0.862. The summed E-state index contributed by atoms with van der Waals surface area (Å²) in [4.78, 5) is 4.38. The Hall–Kier alpha value is -2.35. The molecule has 1 aliphatic heterocycles. The minimum Gasteiger partial charge on any atom is -0.381 e. The topological polar surface area (TPSA) is 24.9 Å². The maximum absolute atomic E-state index is 4.38. The van der Waals surface area contributed by atoms with Gasteiger partial charge in [-0.3, -0.25) is 4.98 Å². The summed E-state index contributed by atoms with van der Waals surface area (Å²) < 4.78 is 0. The summed E-state index contributed by atoms with van der Waals surface area (Å²) in [5.74, 6) is 0. The first-order valence-corrected chi connectivity index (χ1v) is 6.04. The van der Waals surface area contributed by atoms with E-state index in [9.17, 15) is 0 Å². The highest BCUT2D eigenvalue weighted by Crippen LogP contribution is 2.24. The van der Waals surface area contributed by atoms with Crippen molar-refractivity contribution in [3.8, 4) is 0 Å². The Morgan fingerprint density at radius 2 is 1.78 bits per heavy atom. The smallest absolute Gasteiger partial charge is 0.0702 e. The van der Waals surface area contributed by atoms with Crippen molar-refractivity contribution in [3.63, 3.8) is 0 Å². The second-order valence-electron chi connectivity index (χ2n) is 4.23. The predicted octanol–water partition coefficient (Wildman–Crippen LogP) is 3.32. The van der Waals surface area contributed by atoms with Crippen LogP contribution in [-0.2, 0) is 0 Å². The number of hydrogen-bond donors (Lipinski definition) is 1. The van der Waals surface area contributed by atoms with E-state index in [0.717, 1.165) is 11.3 Å². The third-order valence-corrected chi connectivity index (χ3v) is 3.00. The van der Waals surface area contributed by atoms with Gasteiger partial charge in [0.2, 0.25) is 0 Å². The van der Waals surface area contributed by atoms with Gasteiger partial charge in [-0.15, -0.1) is 0 Å². The normalized spacial score (nSPS) is 18.0. The molecule has 2 heterocycles. The zero-order valence-electron chi connectivity index (χ0n) is 9.95. The highest BCUT2D eigenvalue weighted by Gasteiger charge is 2.11. The summed E-state index contributed by atoms with van der Waals surface area (Å²) in [6, 6.07) is 16.6. The Balaban J connectivity index is 1.93. The fourth-order valence-electron chi connectivity index (χ4n) is 2.08. The molecule has 2 heteroatoms. The second kappa shape index (κ2) is 4.88. The zero-order valence-corrected chi connectivity index (χ0v) is 9.95. The van der Waals surface area contributed by atoms with Crippen LogP contribution in [0, 0.1) is 0 Å². The molecule has 0 fully saturated rings. The molecule has 3 rings (SSSR count). The van der Waals surface area contributed by atoms with Crippen LogP contribution < -0.4 is 5.32 Å². The van der Waals surface area contributed by atoms with Crippen LogP contribution in [0.1, 0.15) is 17.3 Å². The van der Waals surface area contributed by atoms with Crippen LogP contribution >= 0.6 is 0 Å². The summed E-state index contributed by atoms with van der Waals surface area (Å²) >= 11 is 0. The van der Waals surface area contributed by atoms with Crippen LogP contribution in [0.2, 0.25) is 0 Å². The zero-order chi connectivity index (χ0) is 12.2. The number of allylic oxidation sites excluding steroid dienone is 2. The maximum atomic E-state index is 4.38. The van der Waals surface area contributed by atoms with Gasteiger partial charge < -0.3 is 5.32 Å². The molecular weight excluding hydrogens is 220 g/mol. The van der Waals surface area contributed by atoms with E-state index in [1.807, 2.05) is 36.7 Å². The first kappa shape index (κ1) is 10.8. The molecule has 1 aliphatic rings. The number of pyridine rings is 1. The molecule has 0 aliphatic carbocycles. The molecule has 1 unspecified atom stereocenters. The fraction of sp³-hybridized carbons (Fsp3) is 0.0625. The largest absolute Gasteiger partial charge is 0.381 e. The van der Waals surface area contributed by atoms with E-state index < -0.39 is 0 Å². The lowest BCUT2D eigenvalue weighted by molar-refractivity contribution is 0.749. The van der Waals surface area contributed by atoms with Crippen molar-refractivity contribution >= 4 is 5.57 Å². The van der Waals surface area contributed by atoms with Crippen LogP contribution in [0.15, 0.2) is 73.1 Å². The van der Waals surface area contributed by atoms with Crippen molar-refractivity contribution in [2.45, 2.75) is 6.04 Å². The van der Waals surface area contributed by atoms with E-state index in [2.05, 4.69) is 46.7 Å². The van der Waals surface area contributed by atoms with Crippen LogP contribution in [-0.4, -0.2) is 4.98 Å². The van der Waals surface area contributed by atoms with Crippen LogP contribution in [0.5, 0.6) is 0 Å². The standard InChI is InChI=1S/C16H14N2/c1-2-6-13(7-3-1)16-12-14(9-11-18-16)15-8-4-5-10-17-15/h1-12,16,18H. The van der Waals surface area contributed by atoms with Crippen molar-refractivity contribution in [1.29, 1.82) is 0 Å². The van der Waals surface area contributed by atoms with E-state index in [0.29, 0.717) is 0 Å². The third kappa shape index (κ3) is 2.18. The highest BCUT2D eigenvalue weighted by molar-refractivity contribution is 5.73. The van der Waals surface area contributed by atoms with Crippen molar-refractivity contribution in [3.05, 3.63) is 84.3 Å². The number of dihydropyridines is 1. The number of nitrogens with one attached hydrogen (secondary N) is 1. The lowest BCUT2D eigenvalue weighted by atomic mass is 10.00. The molecule has 18 heavy (non-hydrogen) atoms. The second-order valence-corrected chi connectivity index (χ2v) is 4.23. The van der Waals surface area contributed by atoms with E-state index in [1.54, 1.807) is 0 Å². The number of nitrogens with zero attached hydrogens (tertiary/aromatic N) is 1. The van der Waals surface area contributed by atoms with Crippen LogP contribution in [0.25, 0.3) is 5.57 Å².